The number of hydrogen-bond acceptors (Lipinski definition) is 5. The van der Waals surface area contributed by atoms with Crippen molar-refractivity contribution < 1.29 is 18.7 Å². The third-order valence-electron chi connectivity index (χ3n) is 4.17. The summed E-state index contributed by atoms with van der Waals surface area (Å²) in [5, 5.41) is 0.771. The first kappa shape index (κ1) is 17.7. The van der Waals surface area contributed by atoms with Crippen LogP contribution in [0.1, 0.15) is 23.1 Å². The second kappa shape index (κ2) is 7.87. The highest BCUT2D eigenvalue weighted by Crippen LogP contribution is 2.21. The molecule has 3 aromatic rings. The third-order valence-corrected chi connectivity index (χ3v) is 4.17. The lowest BCUT2D eigenvalue weighted by molar-refractivity contribution is -0.144. The van der Waals surface area contributed by atoms with E-state index in [9.17, 15) is 9.59 Å². The quantitative estimate of drug-likeness (QED) is 0.499. The Labute approximate surface area is 151 Å². The molecule has 0 saturated carbocycles. The molecule has 0 aliphatic heterocycles. The Hall–Kier alpha value is -3.08. The lowest BCUT2D eigenvalue weighted by Gasteiger charge is -2.09. The van der Waals surface area contributed by atoms with E-state index in [1.165, 1.54) is 6.07 Å². The van der Waals surface area contributed by atoms with Crippen LogP contribution in [0.5, 0.6) is 5.75 Å². The van der Waals surface area contributed by atoms with Gasteiger partial charge in [0.05, 0.1) is 7.11 Å². The van der Waals surface area contributed by atoms with Crippen LogP contribution in [-0.2, 0) is 22.6 Å². The van der Waals surface area contributed by atoms with Crippen LogP contribution in [-0.4, -0.2) is 13.1 Å². The summed E-state index contributed by atoms with van der Waals surface area (Å²) in [4.78, 5) is 23.8. The Kier molecular flexibility index (Phi) is 5.37. The van der Waals surface area contributed by atoms with Crippen LogP contribution in [0.25, 0.3) is 11.0 Å². The van der Waals surface area contributed by atoms with Gasteiger partial charge in [0, 0.05) is 23.4 Å². The van der Waals surface area contributed by atoms with Gasteiger partial charge in [0.25, 0.3) is 0 Å². The lowest BCUT2D eigenvalue weighted by Crippen LogP contribution is -2.08. The van der Waals surface area contributed by atoms with E-state index in [1.54, 1.807) is 13.2 Å². The molecule has 2 aromatic carbocycles. The molecule has 0 bridgehead atoms. The number of esters is 1. The van der Waals surface area contributed by atoms with Gasteiger partial charge in [-0.05, 0) is 36.6 Å². The van der Waals surface area contributed by atoms with Gasteiger partial charge in [-0.15, -0.1) is 0 Å². The number of benzene rings is 2. The molecule has 0 atom stereocenters. The van der Waals surface area contributed by atoms with E-state index in [4.69, 9.17) is 13.9 Å². The van der Waals surface area contributed by atoms with Gasteiger partial charge >= 0.3 is 11.6 Å². The van der Waals surface area contributed by atoms with E-state index < -0.39 is 5.63 Å². The number of fused-ring (bicyclic) bond motifs is 1. The van der Waals surface area contributed by atoms with E-state index in [0.717, 1.165) is 22.3 Å². The lowest BCUT2D eigenvalue weighted by atomic mass is 10.1. The van der Waals surface area contributed by atoms with Gasteiger partial charge < -0.3 is 13.9 Å². The predicted octanol–water partition coefficient (Wildman–Crippen LogP) is 3.79. The number of para-hydroxylation sites is 1. The Balaban J connectivity index is 1.66. The Bertz CT molecular complexity index is 987. The van der Waals surface area contributed by atoms with E-state index in [2.05, 4.69) is 0 Å². The van der Waals surface area contributed by atoms with Gasteiger partial charge in [0.2, 0.25) is 0 Å². The van der Waals surface area contributed by atoms with Crippen molar-refractivity contribution in [2.75, 3.05) is 7.11 Å². The van der Waals surface area contributed by atoms with Crippen molar-refractivity contribution in [2.45, 2.75) is 26.4 Å². The minimum absolute atomic E-state index is 0.0376. The molecule has 1 aromatic heterocycles. The van der Waals surface area contributed by atoms with Crippen molar-refractivity contribution >= 4 is 16.9 Å². The molecule has 0 amide bonds. The number of methoxy groups -OCH3 is 1. The molecule has 26 heavy (non-hydrogen) atoms. The Morgan fingerprint density at radius 1 is 1.08 bits per heavy atom. The van der Waals surface area contributed by atoms with Crippen LogP contribution in [0.2, 0.25) is 0 Å². The minimum atomic E-state index is -0.455. The highest BCUT2D eigenvalue weighted by atomic mass is 16.5. The number of rotatable bonds is 6. The standard InChI is InChI=1S/C21H20O5/c1-14-7-9-17-16(12-21(23)26-19(17)11-14)13-25-20(22)10-8-15-5-3-4-6-18(15)24-2/h3-7,9,11-12H,8,10,13H2,1-2H3. The predicted molar refractivity (Wildman–Crippen MR) is 98.3 cm³/mol. The fourth-order valence-electron chi connectivity index (χ4n) is 2.83. The largest absolute Gasteiger partial charge is 0.496 e. The number of aryl methyl sites for hydroxylation is 2. The van der Waals surface area contributed by atoms with Crippen LogP contribution in [0.15, 0.2) is 57.7 Å². The summed E-state index contributed by atoms with van der Waals surface area (Å²) in [6.45, 7) is 1.96. The molecular formula is C21H20O5. The number of hydrogen-bond donors (Lipinski definition) is 0. The second-order valence-corrected chi connectivity index (χ2v) is 6.06. The minimum Gasteiger partial charge on any atom is -0.496 e. The average molecular weight is 352 g/mol. The van der Waals surface area contributed by atoms with Crippen molar-refractivity contribution in [3.05, 3.63) is 75.6 Å². The van der Waals surface area contributed by atoms with Crippen LogP contribution in [0, 0.1) is 6.92 Å². The Morgan fingerprint density at radius 2 is 1.88 bits per heavy atom. The maximum Gasteiger partial charge on any atom is 0.336 e. The third kappa shape index (κ3) is 4.11. The molecule has 3 rings (SSSR count). The summed E-state index contributed by atoms with van der Waals surface area (Å²) in [5.74, 6) is 0.423. The van der Waals surface area contributed by atoms with Crippen LogP contribution in [0.4, 0.5) is 0 Å². The molecule has 0 radical (unpaired) electrons. The first-order valence-corrected chi connectivity index (χ1v) is 8.38. The zero-order chi connectivity index (χ0) is 18.5. The summed E-state index contributed by atoms with van der Waals surface area (Å²) < 4.78 is 15.8. The van der Waals surface area contributed by atoms with Crippen molar-refractivity contribution in [3.8, 4) is 5.75 Å². The van der Waals surface area contributed by atoms with E-state index in [1.807, 2.05) is 43.3 Å². The highest BCUT2D eigenvalue weighted by Gasteiger charge is 2.10. The zero-order valence-corrected chi connectivity index (χ0v) is 14.8. The molecule has 0 spiro atoms. The summed E-state index contributed by atoms with van der Waals surface area (Å²) in [6.07, 6.45) is 0.762. The van der Waals surface area contributed by atoms with Gasteiger partial charge in [-0.2, -0.15) is 0 Å². The van der Waals surface area contributed by atoms with Crippen molar-refractivity contribution in [2.24, 2.45) is 0 Å². The number of carbonyl (C=O) groups is 1. The SMILES string of the molecule is COc1ccccc1CCC(=O)OCc1cc(=O)oc2cc(C)ccc12. The van der Waals surface area contributed by atoms with Crippen molar-refractivity contribution in [1.82, 2.24) is 0 Å². The van der Waals surface area contributed by atoms with Crippen LogP contribution < -0.4 is 10.4 Å². The van der Waals surface area contributed by atoms with Crippen molar-refractivity contribution in [3.63, 3.8) is 0 Å². The first-order valence-electron chi connectivity index (χ1n) is 8.38. The zero-order valence-electron chi connectivity index (χ0n) is 14.8. The molecule has 1 heterocycles. The smallest absolute Gasteiger partial charge is 0.336 e. The van der Waals surface area contributed by atoms with Crippen LogP contribution >= 0.6 is 0 Å². The summed E-state index contributed by atoms with van der Waals surface area (Å²) in [7, 11) is 1.60. The number of ether oxygens (including phenoxy) is 2. The monoisotopic (exact) mass is 352 g/mol. The van der Waals surface area contributed by atoms with E-state index in [0.29, 0.717) is 17.6 Å². The normalized spacial score (nSPS) is 10.7. The van der Waals surface area contributed by atoms with Gasteiger partial charge in [-0.3, -0.25) is 4.79 Å². The summed E-state index contributed by atoms with van der Waals surface area (Å²) in [6, 6.07) is 14.5. The highest BCUT2D eigenvalue weighted by molar-refractivity contribution is 5.81. The molecule has 5 nitrogen and oxygen atoms in total. The average Bonchev–Trinajstić information content (AvgIpc) is 2.64. The van der Waals surface area contributed by atoms with E-state index in [-0.39, 0.29) is 19.0 Å². The fourth-order valence-corrected chi connectivity index (χ4v) is 2.83. The topological polar surface area (TPSA) is 65.7 Å². The molecule has 5 heteroatoms. The van der Waals surface area contributed by atoms with Crippen molar-refractivity contribution in [1.29, 1.82) is 0 Å². The molecule has 134 valence electrons. The van der Waals surface area contributed by atoms with Gasteiger partial charge in [0.1, 0.15) is 17.9 Å². The second-order valence-electron chi connectivity index (χ2n) is 6.06. The fraction of sp³-hybridized carbons (Fsp3) is 0.238. The first-order chi connectivity index (χ1) is 12.6. The van der Waals surface area contributed by atoms with E-state index >= 15 is 0 Å². The molecule has 0 saturated heterocycles. The maximum atomic E-state index is 12.1. The molecule has 0 unspecified atom stereocenters. The van der Waals surface area contributed by atoms with Gasteiger partial charge in [-0.25, -0.2) is 4.79 Å². The molecular weight excluding hydrogens is 332 g/mol. The maximum absolute atomic E-state index is 12.1. The molecule has 0 fully saturated rings. The molecule has 0 aliphatic carbocycles. The van der Waals surface area contributed by atoms with Crippen LogP contribution in [0.3, 0.4) is 0 Å². The summed E-state index contributed by atoms with van der Waals surface area (Å²) >= 11 is 0. The number of carbonyl (C=O) groups excluding carboxylic acids is 1. The summed E-state index contributed by atoms with van der Waals surface area (Å²) in [5.41, 5.74) is 2.63. The van der Waals surface area contributed by atoms with Gasteiger partial charge in [-0.1, -0.05) is 30.3 Å². The molecule has 0 N–H and O–H groups in total. The Morgan fingerprint density at radius 3 is 2.69 bits per heavy atom. The van der Waals surface area contributed by atoms with Gasteiger partial charge in [0.15, 0.2) is 0 Å². The molecule has 0 aliphatic rings.